The van der Waals surface area contributed by atoms with Crippen molar-refractivity contribution in [2.45, 2.75) is 30.4 Å². The first-order valence-electron chi connectivity index (χ1n) is 8.95. The van der Waals surface area contributed by atoms with Crippen LogP contribution in [0, 0.1) is 0 Å². The molecule has 2 aromatic carbocycles. The smallest absolute Gasteiger partial charge is 0.175 e. The predicted octanol–water partition coefficient (Wildman–Crippen LogP) is 3.20. The molecule has 8 heteroatoms. The second kappa shape index (κ2) is 7.27. The van der Waals surface area contributed by atoms with Gasteiger partial charge in [-0.15, -0.1) is 0 Å². The standard InChI is InChI=1S/C20H21N3O4S/c1-26-18-9-16-17(21-12-22-20(16)23-14-6-7-14)10-19(18)27-11-13-4-3-5-15(8-13)28(2,24)25/h3-5,8-10,12,14H,6-7,11H2,1-2H3,(H,21,22,23). The molecule has 0 spiro atoms. The highest BCUT2D eigenvalue weighted by atomic mass is 32.2. The number of hydrogen-bond donors (Lipinski definition) is 1. The molecule has 0 atom stereocenters. The number of sulfone groups is 1. The molecular weight excluding hydrogens is 378 g/mol. The van der Waals surface area contributed by atoms with E-state index in [1.165, 1.54) is 12.6 Å². The fourth-order valence-corrected chi connectivity index (χ4v) is 3.59. The fourth-order valence-electron chi connectivity index (χ4n) is 2.90. The normalized spacial score (nSPS) is 14.1. The third-order valence-corrected chi connectivity index (χ3v) is 5.67. The van der Waals surface area contributed by atoms with Gasteiger partial charge in [-0.25, -0.2) is 18.4 Å². The zero-order valence-electron chi connectivity index (χ0n) is 15.7. The number of ether oxygens (including phenoxy) is 2. The number of fused-ring (bicyclic) bond motifs is 1. The Kier molecular flexibility index (Phi) is 4.80. The van der Waals surface area contributed by atoms with Crippen molar-refractivity contribution in [2.24, 2.45) is 0 Å². The maximum absolute atomic E-state index is 11.7. The summed E-state index contributed by atoms with van der Waals surface area (Å²) in [5.41, 5.74) is 1.50. The molecule has 7 nitrogen and oxygen atoms in total. The lowest BCUT2D eigenvalue weighted by Gasteiger charge is -2.14. The topological polar surface area (TPSA) is 90.4 Å². The minimum absolute atomic E-state index is 0.212. The Hall–Kier alpha value is -2.87. The van der Waals surface area contributed by atoms with Crippen molar-refractivity contribution in [3.63, 3.8) is 0 Å². The number of anilines is 1. The first-order chi connectivity index (χ1) is 13.4. The van der Waals surface area contributed by atoms with E-state index in [9.17, 15) is 8.42 Å². The van der Waals surface area contributed by atoms with Crippen LogP contribution in [-0.2, 0) is 16.4 Å². The van der Waals surface area contributed by atoms with E-state index in [1.807, 2.05) is 18.2 Å². The molecule has 1 N–H and O–H groups in total. The average molecular weight is 399 g/mol. The zero-order valence-corrected chi connectivity index (χ0v) is 16.5. The molecule has 4 rings (SSSR count). The van der Waals surface area contributed by atoms with Crippen LogP contribution in [0.25, 0.3) is 10.9 Å². The molecule has 0 radical (unpaired) electrons. The highest BCUT2D eigenvalue weighted by Crippen LogP contribution is 2.35. The van der Waals surface area contributed by atoms with Crippen LogP contribution < -0.4 is 14.8 Å². The SMILES string of the molecule is COc1cc2c(NC3CC3)ncnc2cc1OCc1cccc(S(C)(=O)=O)c1. The second-order valence-electron chi connectivity index (χ2n) is 6.87. The van der Waals surface area contributed by atoms with Gasteiger partial charge in [-0.05, 0) is 36.6 Å². The third-order valence-electron chi connectivity index (χ3n) is 4.56. The molecule has 146 valence electrons. The lowest BCUT2D eigenvalue weighted by molar-refractivity contribution is 0.285. The van der Waals surface area contributed by atoms with Gasteiger partial charge in [-0.3, -0.25) is 0 Å². The van der Waals surface area contributed by atoms with Crippen molar-refractivity contribution >= 4 is 26.6 Å². The number of aromatic nitrogens is 2. The molecule has 0 aliphatic heterocycles. The van der Waals surface area contributed by atoms with Gasteiger partial charge in [0.05, 0.1) is 17.5 Å². The van der Waals surface area contributed by atoms with Crippen molar-refractivity contribution in [2.75, 3.05) is 18.7 Å². The molecule has 1 fully saturated rings. The molecule has 0 bridgehead atoms. The summed E-state index contributed by atoms with van der Waals surface area (Å²) < 4.78 is 34.9. The molecule has 1 aliphatic rings. The van der Waals surface area contributed by atoms with E-state index in [2.05, 4.69) is 15.3 Å². The van der Waals surface area contributed by atoms with E-state index in [0.717, 1.165) is 35.1 Å². The highest BCUT2D eigenvalue weighted by molar-refractivity contribution is 7.90. The minimum Gasteiger partial charge on any atom is -0.493 e. The van der Waals surface area contributed by atoms with Crippen LogP contribution in [0.1, 0.15) is 18.4 Å². The summed E-state index contributed by atoms with van der Waals surface area (Å²) in [7, 11) is -1.68. The quantitative estimate of drug-likeness (QED) is 0.652. The average Bonchev–Trinajstić information content (AvgIpc) is 3.49. The van der Waals surface area contributed by atoms with Gasteiger partial charge in [0.1, 0.15) is 18.8 Å². The summed E-state index contributed by atoms with van der Waals surface area (Å²) in [5, 5.41) is 4.28. The van der Waals surface area contributed by atoms with Gasteiger partial charge >= 0.3 is 0 Å². The summed E-state index contributed by atoms with van der Waals surface area (Å²) in [5.74, 6) is 1.90. The van der Waals surface area contributed by atoms with Crippen molar-refractivity contribution in [3.05, 3.63) is 48.3 Å². The Labute approximate surface area is 163 Å². The van der Waals surface area contributed by atoms with Gasteiger partial charge in [-0.1, -0.05) is 12.1 Å². The van der Waals surface area contributed by atoms with Gasteiger partial charge in [0.15, 0.2) is 21.3 Å². The van der Waals surface area contributed by atoms with Crippen LogP contribution in [0.2, 0.25) is 0 Å². The van der Waals surface area contributed by atoms with Gasteiger partial charge in [0.25, 0.3) is 0 Å². The van der Waals surface area contributed by atoms with E-state index >= 15 is 0 Å². The Morgan fingerprint density at radius 2 is 1.96 bits per heavy atom. The molecule has 1 aromatic heterocycles. The molecule has 0 unspecified atom stereocenters. The Balaban J connectivity index is 1.61. The lowest BCUT2D eigenvalue weighted by Crippen LogP contribution is -2.05. The van der Waals surface area contributed by atoms with Gasteiger partial charge in [0, 0.05) is 23.8 Å². The van der Waals surface area contributed by atoms with E-state index in [-0.39, 0.29) is 11.5 Å². The highest BCUT2D eigenvalue weighted by Gasteiger charge is 2.23. The van der Waals surface area contributed by atoms with Gasteiger partial charge in [-0.2, -0.15) is 0 Å². The predicted molar refractivity (Wildman–Crippen MR) is 107 cm³/mol. The molecule has 0 amide bonds. The molecule has 1 aliphatic carbocycles. The molecule has 0 saturated heterocycles. The van der Waals surface area contributed by atoms with E-state index in [0.29, 0.717) is 17.5 Å². The van der Waals surface area contributed by atoms with Crippen LogP contribution >= 0.6 is 0 Å². The van der Waals surface area contributed by atoms with E-state index in [1.54, 1.807) is 25.3 Å². The van der Waals surface area contributed by atoms with Crippen LogP contribution in [0.15, 0.2) is 47.6 Å². The van der Waals surface area contributed by atoms with Crippen LogP contribution in [0.5, 0.6) is 11.5 Å². The maximum Gasteiger partial charge on any atom is 0.175 e. The van der Waals surface area contributed by atoms with Crippen LogP contribution in [0.3, 0.4) is 0 Å². The largest absolute Gasteiger partial charge is 0.493 e. The number of methoxy groups -OCH3 is 1. The van der Waals surface area contributed by atoms with Gasteiger partial charge in [0.2, 0.25) is 0 Å². The van der Waals surface area contributed by atoms with Crippen molar-refractivity contribution in [1.82, 2.24) is 9.97 Å². The summed E-state index contributed by atoms with van der Waals surface area (Å²) in [4.78, 5) is 8.95. The summed E-state index contributed by atoms with van der Waals surface area (Å²) in [6.07, 6.45) is 5.01. The minimum atomic E-state index is -3.26. The molecule has 3 aromatic rings. The van der Waals surface area contributed by atoms with E-state index in [4.69, 9.17) is 9.47 Å². The number of hydrogen-bond acceptors (Lipinski definition) is 7. The monoisotopic (exact) mass is 399 g/mol. The lowest BCUT2D eigenvalue weighted by atomic mass is 10.2. The Bertz CT molecular complexity index is 1130. The maximum atomic E-state index is 11.7. The van der Waals surface area contributed by atoms with Gasteiger partial charge < -0.3 is 14.8 Å². The fraction of sp³-hybridized carbons (Fsp3) is 0.300. The summed E-state index contributed by atoms with van der Waals surface area (Å²) in [6, 6.07) is 10.9. The number of benzene rings is 2. The molecule has 1 heterocycles. The van der Waals surface area contributed by atoms with E-state index < -0.39 is 9.84 Å². The van der Waals surface area contributed by atoms with Crippen molar-refractivity contribution in [3.8, 4) is 11.5 Å². The van der Waals surface area contributed by atoms with Crippen molar-refractivity contribution < 1.29 is 17.9 Å². The molecular formula is C20H21N3O4S. The number of nitrogens with zero attached hydrogens (tertiary/aromatic N) is 2. The van der Waals surface area contributed by atoms with Crippen molar-refractivity contribution in [1.29, 1.82) is 0 Å². The van der Waals surface area contributed by atoms with Crippen LogP contribution in [0.4, 0.5) is 5.82 Å². The zero-order chi connectivity index (χ0) is 19.7. The number of rotatable bonds is 7. The summed E-state index contributed by atoms with van der Waals surface area (Å²) in [6.45, 7) is 0.212. The Morgan fingerprint density at radius 3 is 2.68 bits per heavy atom. The second-order valence-corrected chi connectivity index (χ2v) is 8.89. The first-order valence-corrected chi connectivity index (χ1v) is 10.8. The molecule has 28 heavy (non-hydrogen) atoms. The number of nitrogens with one attached hydrogen (secondary N) is 1. The molecule has 1 saturated carbocycles. The first kappa shape index (κ1) is 18.5. The third kappa shape index (κ3) is 4.01. The Morgan fingerprint density at radius 1 is 1.14 bits per heavy atom. The summed E-state index contributed by atoms with van der Waals surface area (Å²) >= 11 is 0. The van der Waals surface area contributed by atoms with Crippen LogP contribution in [-0.4, -0.2) is 37.8 Å².